The third-order valence-corrected chi connectivity index (χ3v) is 7.30. The Kier molecular flexibility index (Phi) is 2.89. The first-order valence-corrected chi connectivity index (χ1v) is 9.24. The number of para-hydroxylation sites is 1. The number of piperidine rings is 1. The summed E-state index contributed by atoms with van der Waals surface area (Å²) in [6, 6.07) is 9.13. The van der Waals surface area contributed by atoms with Gasteiger partial charge in [-0.1, -0.05) is 24.3 Å². The third kappa shape index (κ3) is 1.64. The highest BCUT2D eigenvalue weighted by Gasteiger charge is 2.68. The number of carbonyl (C=O) groups is 1. The zero-order valence-electron chi connectivity index (χ0n) is 15.1. The number of quaternary nitrogens is 1. The number of carbonyl (C=O) groups excluding carboxylic acids is 1. The highest BCUT2D eigenvalue weighted by atomic mass is 16.5. The first-order valence-electron chi connectivity index (χ1n) is 9.24. The van der Waals surface area contributed by atoms with Crippen molar-refractivity contribution < 1.29 is 14.0 Å². The molecular formula is C21H25N2O2+. The number of hydrogen-bond donors (Lipinski definition) is 1. The van der Waals surface area contributed by atoms with Gasteiger partial charge in [0, 0.05) is 30.1 Å². The van der Waals surface area contributed by atoms with Gasteiger partial charge in [-0.25, -0.2) is 4.79 Å². The van der Waals surface area contributed by atoms with Gasteiger partial charge in [0.1, 0.15) is 12.6 Å². The lowest BCUT2D eigenvalue weighted by Crippen LogP contribution is -2.61. The monoisotopic (exact) mass is 337 g/mol. The van der Waals surface area contributed by atoms with Crippen LogP contribution >= 0.6 is 0 Å². The summed E-state index contributed by atoms with van der Waals surface area (Å²) in [6.07, 6.45) is 4.36. The lowest BCUT2D eigenvalue weighted by Gasteiger charge is -2.51. The number of likely N-dealkylation sites (N-methyl/N-ethyl adjacent to an activating group) is 1. The molecule has 4 heteroatoms. The van der Waals surface area contributed by atoms with Crippen LogP contribution in [0.2, 0.25) is 0 Å². The number of fused-ring (bicyclic) bond motifs is 2. The van der Waals surface area contributed by atoms with Crippen LogP contribution in [0.4, 0.5) is 5.69 Å². The number of nitrogens with zero attached hydrogens (tertiary/aromatic N) is 1. The summed E-state index contributed by atoms with van der Waals surface area (Å²) in [5, 5.41) is 3.65. The minimum atomic E-state index is -0.166. The number of hydrogen-bond acceptors (Lipinski definition) is 3. The van der Waals surface area contributed by atoms with E-state index in [-0.39, 0.29) is 17.3 Å². The van der Waals surface area contributed by atoms with Gasteiger partial charge in [0.2, 0.25) is 0 Å². The predicted molar refractivity (Wildman–Crippen MR) is 97.0 cm³/mol. The summed E-state index contributed by atoms with van der Waals surface area (Å²) in [4.78, 5) is 12.8. The van der Waals surface area contributed by atoms with Crippen LogP contribution in [0.1, 0.15) is 25.3 Å². The van der Waals surface area contributed by atoms with Crippen molar-refractivity contribution in [3.8, 4) is 0 Å². The van der Waals surface area contributed by atoms with Gasteiger partial charge in [-0.2, -0.15) is 0 Å². The van der Waals surface area contributed by atoms with Gasteiger partial charge < -0.3 is 14.5 Å². The van der Waals surface area contributed by atoms with Gasteiger partial charge in [0.15, 0.2) is 0 Å². The topological polar surface area (TPSA) is 38.3 Å². The van der Waals surface area contributed by atoms with Gasteiger partial charge in [0.05, 0.1) is 31.7 Å². The SMILES string of the molecule is C/C=C1/C[N@+]2(C)CC[C@]34C(=C(C(=O)OC)[C@H]1C[C@@H]32)Nc1ccccc14. The Bertz CT molecular complexity index is 855. The lowest BCUT2D eigenvalue weighted by molar-refractivity contribution is -0.923. The molecule has 0 aromatic heterocycles. The van der Waals surface area contributed by atoms with Crippen molar-refractivity contribution in [2.75, 3.05) is 32.6 Å². The fraction of sp³-hybridized carbons (Fsp3) is 0.476. The molecule has 4 atom stereocenters. The molecule has 0 amide bonds. The normalized spacial score (nSPS) is 39.1. The van der Waals surface area contributed by atoms with Crippen LogP contribution in [0.3, 0.4) is 0 Å². The second-order valence-corrected chi connectivity index (χ2v) is 8.20. The molecule has 130 valence electrons. The van der Waals surface area contributed by atoms with E-state index in [4.69, 9.17) is 4.74 Å². The number of nitrogens with one attached hydrogen (secondary N) is 1. The van der Waals surface area contributed by atoms with E-state index in [0.29, 0.717) is 6.04 Å². The molecule has 4 nitrogen and oxygen atoms in total. The summed E-state index contributed by atoms with van der Waals surface area (Å²) >= 11 is 0. The van der Waals surface area contributed by atoms with Crippen LogP contribution in [0.25, 0.3) is 0 Å². The van der Waals surface area contributed by atoms with E-state index in [9.17, 15) is 4.79 Å². The van der Waals surface area contributed by atoms with E-state index in [2.05, 4.69) is 49.6 Å². The number of allylic oxidation sites excluding steroid dienone is 1. The minimum Gasteiger partial charge on any atom is -0.466 e. The molecule has 1 aliphatic carbocycles. The lowest BCUT2D eigenvalue weighted by atomic mass is 9.61. The zero-order valence-corrected chi connectivity index (χ0v) is 15.1. The molecule has 1 aromatic rings. The molecule has 2 fully saturated rings. The Morgan fingerprint density at radius 2 is 2.20 bits per heavy atom. The van der Waals surface area contributed by atoms with Crippen LogP contribution in [0, 0.1) is 5.92 Å². The maximum absolute atomic E-state index is 12.8. The average Bonchev–Trinajstić information content (AvgIpc) is 3.14. The van der Waals surface area contributed by atoms with Crippen molar-refractivity contribution in [3.63, 3.8) is 0 Å². The molecule has 1 aromatic carbocycles. The first-order chi connectivity index (χ1) is 12.0. The Labute approximate surface area is 148 Å². The van der Waals surface area contributed by atoms with Crippen molar-refractivity contribution >= 4 is 11.7 Å². The molecule has 25 heavy (non-hydrogen) atoms. The Hall–Kier alpha value is -2.07. The molecule has 4 aliphatic rings. The molecule has 3 heterocycles. The highest BCUT2D eigenvalue weighted by molar-refractivity contribution is 5.94. The molecule has 2 saturated heterocycles. The van der Waals surface area contributed by atoms with E-state index in [0.717, 1.165) is 41.7 Å². The van der Waals surface area contributed by atoms with Gasteiger partial charge in [-0.3, -0.25) is 0 Å². The number of anilines is 1. The van der Waals surface area contributed by atoms with Crippen LogP contribution in [0.15, 0.2) is 47.2 Å². The predicted octanol–water partition coefficient (Wildman–Crippen LogP) is 2.98. The van der Waals surface area contributed by atoms with Gasteiger partial charge in [0.25, 0.3) is 0 Å². The van der Waals surface area contributed by atoms with Crippen LogP contribution in [-0.2, 0) is 14.9 Å². The van der Waals surface area contributed by atoms with Crippen molar-refractivity contribution in [2.45, 2.75) is 31.2 Å². The molecule has 2 bridgehead atoms. The molecule has 3 aliphatic heterocycles. The van der Waals surface area contributed by atoms with Gasteiger partial charge in [-0.05, 0) is 24.1 Å². The number of benzene rings is 1. The molecule has 0 saturated carbocycles. The van der Waals surface area contributed by atoms with Crippen LogP contribution < -0.4 is 5.32 Å². The van der Waals surface area contributed by atoms with Crippen molar-refractivity contribution in [3.05, 3.63) is 52.7 Å². The second-order valence-electron chi connectivity index (χ2n) is 8.20. The average molecular weight is 337 g/mol. The second kappa shape index (κ2) is 4.76. The Morgan fingerprint density at radius 1 is 1.40 bits per heavy atom. The number of esters is 1. The summed E-state index contributed by atoms with van der Waals surface area (Å²) in [5.74, 6) is 0.0252. The summed E-state index contributed by atoms with van der Waals surface area (Å²) in [7, 11) is 3.91. The van der Waals surface area contributed by atoms with E-state index < -0.39 is 0 Å². The minimum absolute atomic E-state index is 0.0510. The summed E-state index contributed by atoms with van der Waals surface area (Å²) in [5.41, 5.74) is 5.88. The third-order valence-electron chi connectivity index (χ3n) is 7.30. The number of methoxy groups -OCH3 is 1. The van der Waals surface area contributed by atoms with Crippen LogP contribution in [-0.4, -0.2) is 43.7 Å². The van der Waals surface area contributed by atoms with E-state index in [1.807, 2.05) is 0 Å². The Balaban J connectivity index is 1.84. The fourth-order valence-corrected chi connectivity index (χ4v) is 6.23. The summed E-state index contributed by atoms with van der Waals surface area (Å²) < 4.78 is 6.33. The molecular weight excluding hydrogens is 312 g/mol. The zero-order chi connectivity index (χ0) is 17.4. The highest BCUT2D eigenvalue weighted by Crippen LogP contribution is 2.63. The van der Waals surface area contributed by atoms with Crippen LogP contribution in [0.5, 0.6) is 0 Å². The van der Waals surface area contributed by atoms with E-state index >= 15 is 0 Å². The Morgan fingerprint density at radius 3 is 2.96 bits per heavy atom. The fourth-order valence-electron chi connectivity index (χ4n) is 6.23. The largest absolute Gasteiger partial charge is 0.466 e. The maximum Gasteiger partial charge on any atom is 0.336 e. The van der Waals surface area contributed by atoms with Crippen molar-refractivity contribution in [1.82, 2.24) is 0 Å². The standard InChI is InChI=1S/C21H24N2O2/c1-4-13-12-23(2)10-9-21-15-7-5-6-8-16(15)22-19(21)18(20(24)25-3)14(13)11-17(21)23/h4-8,14,17H,9-12H2,1-3H3/p+1/b13-4-/t14-,17-,21+,23-/m0/s1. The molecule has 5 rings (SSSR count). The molecule has 0 unspecified atom stereocenters. The van der Waals surface area contributed by atoms with Gasteiger partial charge >= 0.3 is 5.97 Å². The van der Waals surface area contributed by atoms with Crippen molar-refractivity contribution in [2.24, 2.45) is 5.92 Å². The van der Waals surface area contributed by atoms with E-state index in [1.54, 1.807) is 0 Å². The molecule has 0 radical (unpaired) electrons. The maximum atomic E-state index is 12.8. The quantitative estimate of drug-likeness (QED) is 0.486. The number of ether oxygens (including phenoxy) is 1. The molecule has 1 spiro atoms. The molecule has 1 N–H and O–H groups in total. The van der Waals surface area contributed by atoms with Gasteiger partial charge in [-0.15, -0.1) is 0 Å². The number of rotatable bonds is 1. The summed E-state index contributed by atoms with van der Waals surface area (Å²) in [6.45, 7) is 4.31. The first kappa shape index (κ1) is 15.2. The van der Waals surface area contributed by atoms with Crippen molar-refractivity contribution in [1.29, 1.82) is 0 Å². The van der Waals surface area contributed by atoms with E-state index in [1.165, 1.54) is 23.9 Å². The smallest absolute Gasteiger partial charge is 0.336 e.